The number of carbonyl (C=O) groups excluding carboxylic acids is 2. The van der Waals surface area contributed by atoms with Gasteiger partial charge in [0.05, 0.1) is 12.6 Å². The molecule has 0 unspecified atom stereocenters. The first-order valence-electron chi connectivity index (χ1n) is 12.7. The average Bonchev–Trinajstić information content (AvgIpc) is 2.80. The molecule has 3 rings (SSSR count). The molecule has 0 aliphatic carbocycles. The van der Waals surface area contributed by atoms with Gasteiger partial charge >= 0.3 is 6.09 Å². The molecule has 2 amide bonds. The summed E-state index contributed by atoms with van der Waals surface area (Å²) in [5.74, 6) is -0.0419. The van der Waals surface area contributed by atoms with E-state index < -0.39 is 5.60 Å². The van der Waals surface area contributed by atoms with Gasteiger partial charge in [-0.2, -0.15) is 0 Å². The van der Waals surface area contributed by atoms with Crippen molar-refractivity contribution >= 4 is 22.8 Å². The number of nitrogens with zero attached hydrogens (tertiary/aromatic N) is 2. The molecule has 0 aromatic heterocycles. The molecule has 0 radical (unpaired) electrons. The van der Waals surface area contributed by atoms with E-state index >= 15 is 0 Å². The van der Waals surface area contributed by atoms with Crippen molar-refractivity contribution in [3.63, 3.8) is 0 Å². The Labute approximate surface area is 213 Å². The molecule has 1 aliphatic heterocycles. The molecule has 1 aliphatic rings. The van der Waals surface area contributed by atoms with E-state index in [0.29, 0.717) is 49.4 Å². The molecule has 1 heterocycles. The zero-order valence-electron chi connectivity index (χ0n) is 22.3. The quantitative estimate of drug-likeness (QED) is 0.437. The lowest BCUT2D eigenvalue weighted by molar-refractivity contribution is 0.00752. The van der Waals surface area contributed by atoms with Crippen molar-refractivity contribution in [2.75, 3.05) is 33.4 Å². The molecule has 0 spiro atoms. The molecule has 36 heavy (non-hydrogen) atoms. The second kappa shape index (κ2) is 11.9. The minimum absolute atomic E-state index is 0.0870. The van der Waals surface area contributed by atoms with Crippen molar-refractivity contribution in [2.24, 2.45) is 0 Å². The van der Waals surface area contributed by atoms with Crippen LogP contribution in [0.5, 0.6) is 5.75 Å². The summed E-state index contributed by atoms with van der Waals surface area (Å²) in [6, 6.07) is 7.71. The monoisotopic (exact) mass is 502 g/mol. The van der Waals surface area contributed by atoms with Crippen molar-refractivity contribution < 1.29 is 28.2 Å². The van der Waals surface area contributed by atoms with Crippen LogP contribution in [-0.4, -0.2) is 72.9 Å². The van der Waals surface area contributed by atoms with Crippen LogP contribution in [0, 0.1) is 5.82 Å². The highest BCUT2D eigenvalue weighted by Gasteiger charge is 2.34. The number of likely N-dealkylation sites (tertiary alicyclic amines) is 1. The van der Waals surface area contributed by atoms with Crippen molar-refractivity contribution in [1.82, 2.24) is 9.80 Å². The third-order valence-corrected chi connectivity index (χ3v) is 6.11. The van der Waals surface area contributed by atoms with Crippen LogP contribution in [0.2, 0.25) is 0 Å². The second-order valence-corrected chi connectivity index (χ2v) is 10.6. The predicted octanol–water partition coefficient (Wildman–Crippen LogP) is 5.64. The van der Waals surface area contributed by atoms with Crippen LogP contribution in [0.3, 0.4) is 0 Å². The number of hydrogen-bond donors (Lipinski definition) is 0. The van der Waals surface area contributed by atoms with Gasteiger partial charge in [0.15, 0.2) is 0 Å². The molecule has 7 nitrogen and oxygen atoms in total. The minimum Gasteiger partial charge on any atom is -0.493 e. The molecule has 0 bridgehead atoms. The summed E-state index contributed by atoms with van der Waals surface area (Å²) in [7, 11) is 1.62. The third-order valence-electron chi connectivity index (χ3n) is 6.11. The van der Waals surface area contributed by atoms with Crippen molar-refractivity contribution in [3.05, 3.63) is 41.7 Å². The van der Waals surface area contributed by atoms with Crippen LogP contribution in [0.15, 0.2) is 30.3 Å². The summed E-state index contributed by atoms with van der Waals surface area (Å²) in [5.41, 5.74) is -0.110. The summed E-state index contributed by atoms with van der Waals surface area (Å²) in [6.07, 6.45) is 1.89. The van der Waals surface area contributed by atoms with Crippen molar-refractivity contribution in [1.29, 1.82) is 0 Å². The number of piperidine rings is 1. The summed E-state index contributed by atoms with van der Waals surface area (Å²) in [6.45, 7) is 11.4. The highest BCUT2D eigenvalue weighted by atomic mass is 19.1. The highest BCUT2D eigenvalue weighted by molar-refractivity contribution is 6.01. The maximum Gasteiger partial charge on any atom is 0.410 e. The first-order chi connectivity index (χ1) is 17.0. The lowest BCUT2D eigenvalue weighted by Gasteiger charge is -2.41. The van der Waals surface area contributed by atoms with Crippen LogP contribution < -0.4 is 4.74 Å². The Bertz CT molecular complexity index is 1070. The summed E-state index contributed by atoms with van der Waals surface area (Å²) < 4.78 is 30.6. The molecule has 2 aromatic carbocycles. The number of ether oxygens (including phenoxy) is 3. The number of methoxy groups -OCH3 is 1. The van der Waals surface area contributed by atoms with Gasteiger partial charge in [-0.1, -0.05) is 6.07 Å². The molecule has 1 fully saturated rings. The number of fused-ring (bicyclic) bond motifs is 1. The third kappa shape index (κ3) is 7.09. The van der Waals surface area contributed by atoms with Gasteiger partial charge in [-0.05, 0) is 77.1 Å². The number of carbonyl (C=O) groups is 2. The van der Waals surface area contributed by atoms with Gasteiger partial charge in [-0.25, -0.2) is 9.18 Å². The van der Waals surface area contributed by atoms with E-state index in [-0.39, 0.29) is 29.9 Å². The predicted molar refractivity (Wildman–Crippen MR) is 138 cm³/mol. The number of benzene rings is 2. The summed E-state index contributed by atoms with van der Waals surface area (Å²) >= 11 is 0. The Balaban J connectivity index is 1.88. The first-order valence-corrected chi connectivity index (χ1v) is 12.7. The molecule has 8 heteroatoms. The number of rotatable bonds is 8. The van der Waals surface area contributed by atoms with Gasteiger partial charge < -0.3 is 24.0 Å². The molecule has 0 N–H and O–H groups in total. The lowest BCUT2D eigenvalue weighted by atomic mass is 9.99. The Morgan fingerprint density at radius 3 is 2.58 bits per heavy atom. The van der Waals surface area contributed by atoms with Gasteiger partial charge in [0.1, 0.15) is 17.2 Å². The number of halogens is 1. The van der Waals surface area contributed by atoms with Gasteiger partial charge in [-0.3, -0.25) is 4.79 Å². The molecule has 2 aromatic rings. The largest absolute Gasteiger partial charge is 0.493 e. The zero-order chi connectivity index (χ0) is 26.5. The fourth-order valence-electron chi connectivity index (χ4n) is 4.57. The van der Waals surface area contributed by atoms with E-state index in [1.165, 1.54) is 12.1 Å². The highest BCUT2D eigenvalue weighted by Crippen LogP contribution is 2.31. The van der Waals surface area contributed by atoms with Crippen molar-refractivity contribution in [3.8, 4) is 5.75 Å². The first kappa shape index (κ1) is 27.7. The van der Waals surface area contributed by atoms with Crippen LogP contribution in [0.1, 0.15) is 64.2 Å². The molecule has 1 saturated heterocycles. The molecular formula is C28H39FN2O5. The normalized spacial score (nSPS) is 16.3. The number of hydrogen-bond acceptors (Lipinski definition) is 5. The number of amides is 2. The molecule has 1 atom stereocenters. The summed E-state index contributed by atoms with van der Waals surface area (Å²) in [5, 5.41) is 1.35. The van der Waals surface area contributed by atoms with E-state index in [2.05, 4.69) is 0 Å². The van der Waals surface area contributed by atoms with Gasteiger partial charge in [0, 0.05) is 50.2 Å². The maximum atomic E-state index is 14.0. The Morgan fingerprint density at radius 1 is 1.17 bits per heavy atom. The molecular weight excluding hydrogens is 463 g/mol. The van der Waals surface area contributed by atoms with Gasteiger partial charge in [-0.15, -0.1) is 0 Å². The van der Waals surface area contributed by atoms with Gasteiger partial charge in [0.2, 0.25) is 0 Å². The molecule has 198 valence electrons. The standard InChI is InChI=1S/C28H39FN2O5/c1-19(2)31(23-9-7-12-30(18-23)27(33)36-28(3,4)5)26(32)21-15-20-10-11-22(29)17-24(20)25(16-21)35-14-8-13-34-6/h10-11,15-17,19,23H,7-9,12-14,18H2,1-6H3/t23-/m1/s1. The van der Waals surface area contributed by atoms with Crippen LogP contribution in [-0.2, 0) is 9.47 Å². The Morgan fingerprint density at radius 2 is 1.92 bits per heavy atom. The Kier molecular flexibility index (Phi) is 9.17. The topological polar surface area (TPSA) is 68.3 Å². The fraction of sp³-hybridized carbons (Fsp3) is 0.571. The zero-order valence-corrected chi connectivity index (χ0v) is 22.3. The van der Waals surface area contributed by atoms with E-state index in [1.807, 2.05) is 39.5 Å². The molecule has 0 saturated carbocycles. The van der Waals surface area contributed by atoms with E-state index in [0.717, 1.165) is 18.2 Å². The van der Waals surface area contributed by atoms with Gasteiger partial charge in [0.25, 0.3) is 5.91 Å². The van der Waals surface area contributed by atoms with Crippen LogP contribution in [0.4, 0.5) is 9.18 Å². The fourth-order valence-corrected chi connectivity index (χ4v) is 4.57. The SMILES string of the molecule is COCCCOc1cc(C(=O)N(C(C)C)[C@@H]2CCCN(C(=O)OC(C)(C)C)C2)cc2ccc(F)cc12. The second-order valence-electron chi connectivity index (χ2n) is 10.6. The van der Waals surface area contributed by atoms with Crippen LogP contribution in [0.25, 0.3) is 10.8 Å². The average molecular weight is 503 g/mol. The van der Waals surface area contributed by atoms with E-state index in [9.17, 15) is 14.0 Å². The Hall–Kier alpha value is -2.87. The minimum atomic E-state index is -0.582. The smallest absolute Gasteiger partial charge is 0.410 e. The maximum absolute atomic E-state index is 14.0. The summed E-state index contributed by atoms with van der Waals surface area (Å²) in [4.78, 5) is 30.1. The van der Waals surface area contributed by atoms with E-state index in [1.54, 1.807) is 30.2 Å². The lowest BCUT2D eigenvalue weighted by Crippen LogP contribution is -2.54. The van der Waals surface area contributed by atoms with E-state index in [4.69, 9.17) is 14.2 Å². The van der Waals surface area contributed by atoms with Crippen molar-refractivity contribution in [2.45, 2.75) is 71.6 Å². The van der Waals surface area contributed by atoms with Crippen LogP contribution >= 0.6 is 0 Å².